The molecule has 1 aliphatic rings. The molecule has 1 rings (SSSR count). The van der Waals surface area contributed by atoms with Gasteiger partial charge in [-0.25, -0.2) is 0 Å². The van der Waals surface area contributed by atoms with Crippen molar-refractivity contribution in [2.75, 3.05) is 6.61 Å². The van der Waals surface area contributed by atoms with Crippen LogP contribution in [0.3, 0.4) is 0 Å². The summed E-state index contributed by atoms with van der Waals surface area (Å²) < 4.78 is 5.65. The Morgan fingerprint density at radius 3 is 2.71 bits per heavy atom. The fraction of sp³-hybridized carbons (Fsp3) is 0.800. The molecule has 0 heterocycles. The monoisotopic (exact) mass is 335 g/mol. The molecule has 24 heavy (non-hydrogen) atoms. The van der Waals surface area contributed by atoms with E-state index in [2.05, 4.69) is 11.8 Å². The van der Waals surface area contributed by atoms with Crippen LogP contribution in [0.4, 0.5) is 0 Å². The van der Waals surface area contributed by atoms with Crippen molar-refractivity contribution in [1.82, 2.24) is 0 Å². The summed E-state index contributed by atoms with van der Waals surface area (Å²) >= 11 is 0. The van der Waals surface area contributed by atoms with Crippen LogP contribution in [-0.4, -0.2) is 30.3 Å². The Balaban J connectivity index is 2.08. The molecule has 1 unspecified atom stereocenters. The predicted octanol–water partition coefficient (Wildman–Crippen LogP) is 3.41. The zero-order valence-electron chi connectivity index (χ0n) is 15.3. The number of nitrogens with two attached hydrogens (primary N) is 1. The molecule has 0 aromatic heterocycles. The van der Waals surface area contributed by atoms with Crippen LogP contribution >= 0.6 is 0 Å². The van der Waals surface area contributed by atoms with Crippen LogP contribution in [0.15, 0.2) is 0 Å². The van der Waals surface area contributed by atoms with Gasteiger partial charge in [-0.2, -0.15) is 0 Å². The number of unbranched alkanes of at least 4 members (excludes halogenated alkanes) is 2. The minimum atomic E-state index is -0.359. The topological polar surface area (TPSA) is 69.4 Å². The zero-order chi connectivity index (χ0) is 17.8. The van der Waals surface area contributed by atoms with E-state index in [1.807, 2.05) is 13.8 Å². The van der Waals surface area contributed by atoms with Crippen LogP contribution in [0.2, 0.25) is 0 Å². The van der Waals surface area contributed by atoms with Gasteiger partial charge in [0.2, 0.25) is 0 Å². The summed E-state index contributed by atoms with van der Waals surface area (Å²) in [7, 11) is 0. The van der Waals surface area contributed by atoms with Gasteiger partial charge >= 0.3 is 0 Å². The molecule has 0 aromatic rings. The lowest BCUT2D eigenvalue weighted by Crippen LogP contribution is -2.33. The maximum absolute atomic E-state index is 11.9. The summed E-state index contributed by atoms with van der Waals surface area (Å²) in [6.45, 7) is 3.92. The third-order valence-corrected chi connectivity index (χ3v) is 4.38. The lowest BCUT2D eigenvalue weighted by molar-refractivity contribution is -0.125. The van der Waals surface area contributed by atoms with Crippen LogP contribution in [0, 0.1) is 17.8 Å². The first kappa shape index (κ1) is 20.9. The molecule has 0 bridgehead atoms. The van der Waals surface area contributed by atoms with Crippen molar-refractivity contribution in [3.05, 3.63) is 0 Å². The summed E-state index contributed by atoms with van der Waals surface area (Å²) in [6.07, 6.45) is 9.19. The minimum absolute atomic E-state index is 0.00453. The van der Waals surface area contributed by atoms with E-state index in [4.69, 9.17) is 10.5 Å². The number of ketones is 2. The molecule has 2 atom stereocenters. The number of ether oxygens (including phenoxy) is 1. The number of carbonyl (C=O) groups is 2. The zero-order valence-corrected chi connectivity index (χ0v) is 15.3. The smallest absolute Gasteiger partial charge is 0.158 e. The van der Waals surface area contributed by atoms with Gasteiger partial charge < -0.3 is 10.5 Å². The second-order valence-corrected chi connectivity index (χ2v) is 7.02. The lowest BCUT2D eigenvalue weighted by Gasteiger charge is -2.13. The highest BCUT2D eigenvalue weighted by Crippen LogP contribution is 2.12. The molecule has 0 saturated carbocycles. The van der Waals surface area contributed by atoms with E-state index in [1.54, 1.807) is 0 Å². The first-order valence-corrected chi connectivity index (χ1v) is 9.41. The fourth-order valence-corrected chi connectivity index (χ4v) is 2.80. The maximum atomic E-state index is 11.9. The molecule has 0 amide bonds. The first-order valence-electron chi connectivity index (χ1n) is 9.41. The van der Waals surface area contributed by atoms with Crippen molar-refractivity contribution in [2.45, 2.75) is 90.2 Å². The second-order valence-electron chi connectivity index (χ2n) is 7.02. The third kappa shape index (κ3) is 9.20. The van der Waals surface area contributed by atoms with Gasteiger partial charge in [0, 0.05) is 18.8 Å². The Hall–Kier alpha value is -1.18. The molecule has 136 valence electrons. The van der Waals surface area contributed by atoms with E-state index in [9.17, 15) is 9.59 Å². The van der Waals surface area contributed by atoms with Crippen molar-refractivity contribution in [2.24, 2.45) is 11.7 Å². The highest BCUT2D eigenvalue weighted by molar-refractivity contribution is 5.85. The Kier molecular flexibility index (Phi) is 10.6. The number of carbonyl (C=O) groups excluding carboxylic acids is 2. The largest absolute Gasteiger partial charge is 0.358 e. The van der Waals surface area contributed by atoms with E-state index in [0.717, 1.165) is 38.5 Å². The van der Waals surface area contributed by atoms with Crippen LogP contribution in [0.1, 0.15) is 78.1 Å². The van der Waals surface area contributed by atoms with Crippen LogP contribution in [-0.2, 0) is 14.3 Å². The van der Waals surface area contributed by atoms with Crippen LogP contribution in [0.5, 0.6) is 0 Å². The van der Waals surface area contributed by atoms with Gasteiger partial charge in [-0.15, -0.1) is 5.92 Å². The van der Waals surface area contributed by atoms with Crippen molar-refractivity contribution in [1.29, 1.82) is 0 Å². The van der Waals surface area contributed by atoms with E-state index in [0.29, 0.717) is 12.8 Å². The molecule has 0 aliphatic heterocycles. The van der Waals surface area contributed by atoms with Crippen LogP contribution < -0.4 is 5.73 Å². The predicted molar refractivity (Wildman–Crippen MR) is 96.5 cm³/mol. The molecule has 4 nitrogen and oxygen atoms in total. The van der Waals surface area contributed by atoms with E-state index < -0.39 is 0 Å². The molecule has 0 aromatic carbocycles. The van der Waals surface area contributed by atoms with Gasteiger partial charge in [0.15, 0.2) is 11.6 Å². The Morgan fingerprint density at radius 2 is 1.96 bits per heavy atom. The highest BCUT2D eigenvalue weighted by Gasteiger charge is 2.16. The molecule has 0 fully saturated rings. The SMILES string of the molecule is CC(C)C(=O)[C@H](N)CCCCCC(=O)COC1C#CCCCCC1. The Labute approximate surface area is 146 Å². The summed E-state index contributed by atoms with van der Waals surface area (Å²) in [4.78, 5) is 23.6. The first-order chi connectivity index (χ1) is 11.5. The summed E-state index contributed by atoms with van der Waals surface area (Å²) in [6, 6.07) is -0.359. The summed E-state index contributed by atoms with van der Waals surface area (Å²) in [5.41, 5.74) is 5.86. The molecule has 1 aliphatic carbocycles. The quantitative estimate of drug-likeness (QED) is 0.464. The average molecular weight is 335 g/mol. The number of rotatable bonds is 11. The Morgan fingerprint density at radius 1 is 1.17 bits per heavy atom. The second kappa shape index (κ2) is 12.2. The lowest BCUT2D eigenvalue weighted by atomic mass is 9.97. The summed E-state index contributed by atoms with van der Waals surface area (Å²) in [5, 5.41) is 0. The van der Waals surface area contributed by atoms with Gasteiger partial charge in [-0.1, -0.05) is 39.0 Å². The van der Waals surface area contributed by atoms with E-state index in [-0.39, 0.29) is 36.2 Å². The average Bonchev–Trinajstić information content (AvgIpc) is 2.52. The molecule has 0 saturated heterocycles. The highest BCUT2D eigenvalue weighted by atomic mass is 16.5. The fourth-order valence-electron chi connectivity index (χ4n) is 2.80. The van der Waals surface area contributed by atoms with E-state index >= 15 is 0 Å². The molecular weight excluding hydrogens is 302 g/mol. The molecule has 0 radical (unpaired) electrons. The van der Waals surface area contributed by atoms with Gasteiger partial charge in [-0.3, -0.25) is 9.59 Å². The van der Waals surface area contributed by atoms with Crippen molar-refractivity contribution >= 4 is 11.6 Å². The molecule has 2 N–H and O–H groups in total. The molecular formula is C20H33NO3. The van der Waals surface area contributed by atoms with Gasteiger partial charge in [-0.05, 0) is 32.1 Å². The molecule has 4 heteroatoms. The van der Waals surface area contributed by atoms with Crippen molar-refractivity contribution in [3.8, 4) is 11.8 Å². The van der Waals surface area contributed by atoms with Gasteiger partial charge in [0.05, 0.1) is 6.04 Å². The van der Waals surface area contributed by atoms with Crippen LogP contribution in [0.25, 0.3) is 0 Å². The summed E-state index contributed by atoms with van der Waals surface area (Å²) in [5.74, 6) is 6.50. The van der Waals surface area contributed by atoms with Crippen molar-refractivity contribution in [3.63, 3.8) is 0 Å². The van der Waals surface area contributed by atoms with E-state index in [1.165, 1.54) is 12.8 Å². The molecule has 0 spiro atoms. The minimum Gasteiger partial charge on any atom is -0.358 e. The number of hydrogen-bond donors (Lipinski definition) is 1. The number of Topliss-reactive ketones (excluding diaryl/α,β-unsaturated/α-hetero) is 2. The van der Waals surface area contributed by atoms with Gasteiger partial charge in [0.25, 0.3) is 0 Å². The standard InChI is InChI=1S/C20H33NO3/c1-16(2)20(23)19(21)14-10-6-7-11-17(22)15-24-18-12-8-4-3-5-9-13-18/h16,18-19H,3-8,10-12,14-15,21H2,1-2H3/t18?,19-/m1/s1. The Bertz CT molecular complexity index is 448. The number of hydrogen-bond acceptors (Lipinski definition) is 4. The maximum Gasteiger partial charge on any atom is 0.158 e. The van der Waals surface area contributed by atoms with Crippen molar-refractivity contribution < 1.29 is 14.3 Å². The third-order valence-electron chi connectivity index (χ3n) is 4.38. The van der Waals surface area contributed by atoms with Gasteiger partial charge in [0.1, 0.15) is 12.7 Å². The normalized spacial score (nSPS) is 19.1.